The maximum absolute atomic E-state index is 12.2. The fourth-order valence-corrected chi connectivity index (χ4v) is 3.32. The Balaban J connectivity index is 2.41. The van der Waals surface area contributed by atoms with Gasteiger partial charge in [0.1, 0.15) is 12.2 Å². The molecule has 0 aliphatic rings. The van der Waals surface area contributed by atoms with Crippen molar-refractivity contribution in [2.45, 2.75) is 37.7 Å². The summed E-state index contributed by atoms with van der Waals surface area (Å²) >= 11 is 5.77. The van der Waals surface area contributed by atoms with Gasteiger partial charge in [-0.15, -0.1) is 0 Å². The molecular formula is C19H23ClO8S. The molecule has 1 rings (SSSR count). The lowest BCUT2D eigenvalue weighted by Crippen LogP contribution is -2.27. The van der Waals surface area contributed by atoms with Crippen molar-refractivity contribution in [3.63, 3.8) is 0 Å². The highest BCUT2D eigenvalue weighted by molar-refractivity contribution is 7.91. The second-order valence-electron chi connectivity index (χ2n) is 6.94. The molecule has 0 N–H and O–H groups in total. The summed E-state index contributed by atoms with van der Waals surface area (Å²) < 4.78 is 38.9. The van der Waals surface area contributed by atoms with Crippen molar-refractivity contribution in [3.8, 4) is 0 Å². The number of sulfone groups is 1. The molecule has 0 atom stereocenters. The number of benzene rings is 1. The molecule has 0 bridgehead atoms. The molecule has 10 heteroatoms. The molecule has 0 aliphatic carbocycles. The Kier molecular flexibility index (Phi) is 8.84. The van der Waals surface area contributed by atoms with E-state index in [9.17, 15) is 22.8 Å². The summed E-state index contributed by atoms with van der Waals surface area (Å²) in [6.07, 6.45) is -0.511. The van der Waals surface area contributed by atoms with E-state index in [1.807, 2.05) is 0 Å². The first kappa shape index (κ1) is 24.6. The van der Waals surface area contributed by atoms with Gasteiger partial charge in [0, 0.05) is 10.6 Å². The highest BCUT2D eigenvalue weighted by atomic mass is 35.5. The molecule has 29 heavy (non-hydrogen) atoms. The molecule has 0 aliphatic heterocycles. The van der Waals surface area contributed by atoms with E-state index >= 15 is 0 Å². The van der Waals surface area contributed by atoms with Gasteiger partial charge in [-0.25, -0.2) is 18.0 Å². The quantitative estimate of drug-likeness (QED) is 0.323. The van der Waals surface area contributed by atoms with E-state index in [0.29, 0.717) is 0 Å². The first-order valence-electron chi connectivity index (χ1n) is 8.51. The SMILES string of the molecule is C=C(CC(=O)OCC(=O)OC(C)(C)C)C(=O)OCCS(=O)(=O)c1cccc(Cl)c1. The lowest BCUT2D eigenvalue weighted by atomic mass is 10.2. The van der Waals surface area contributed by atoms with Gasteiger partial charge < -0.3 is 14.2 Å². The fraction of sp³-hybridized carbons (Fsp3) is 0.421. The number of hydrogen-bond donors (Lipinski definition) is 0. The molecule has 0 aromatic heterocycles. The van der Waals surface area contributed by atoms with Crippen LogP contribution < -0.4 is 0 Å². The number of halogens is 1. The van der Waals surface area contributed by atoms with Crippen molar-refractivity contribution in [2.24, 2.45) is 0 Å². The van der Waals surface area contributed by atoms with Gasteiger partial charge in [0.2, 0.25) is 0 Å². The molecule has 160 valence electrons. The molecule has 0 amide bonds. The predicted molar refractivity (Wildman–Crippen MR) is 105 cm³/mol. The third-order valence-electron chi connectivity index (χ3n) is 3.16. The lowest BCUT2D eigenvalue weighted by Gasteiger charge is -2.19. The summed E-state index contributed by atoms with van der Waals surface area (Å²) in [4.78, 5) is 35.0. The zero-order chi connectivity index (χ0) is 22.2. The Morgan fingerprint density at radius 1 is 1.10 bits per heavy atom. The molecule has 0 unspecified atom stereocenters. The summed E-state index contributed by atoms with van der Waals surface area (Å²) in [5.74, 6) is -3.01. The summed E-state index contributed by atoms with van der Waals surface area (Å²) in [5.41, 5.74) is -0.957. The fourth-order valence-electron chi connectivity index (χ4n) is 1.93. The van der Waals surface area contributed by atoms with E-state index in [-0.39, 0.29) is 15.5 Å². The average Bonchev–Trinajstić information content (AvgIpc) is 2.58. The Labute approximate surface area is 174 Å². The third-order valence-corrected chi connectivity index (χ3v) is 5.07. The monoisotopic (exact) mass is 446 g/mol. The molecule has 1 aromatic rings. The van der Waals surface area contributed by atoms with Gasteiger partial charge in [-0.3, -0.25) is 4.79 Å². The maximum Gasteiger partial charge on any atom is 0.344 e. The Morgan fingerprint density at radius 3 is 2.34 bits per heavy atom. The molecular weight excluding hydrogens is 424 g/mol. The van der Waals surface area contributed by atoms with E-state index in [0.717, 1.165) is 0 Å². The Hall–Kier alpha value is -2.39. The highest BCUT2D eigenvalue weighted by Gasteiger charge is 2.20. The van der Waals surface area contributed by atoms with Crippen molar-refractivity contribution >= 4 is 39.3 Å². The Morgan fingerprint density at radius 2 is 1.76 bits per heavy atom. The number of esters is 3. The number of hydrogen-bond acceptors (Lipinski definition) is 8. The highest BCUT2D eigenvalue weighted by Crippen LogP contribution is 2.17. The van der Waals surface area contributed by atoms with Crippen molar-refractivity contribution in [3.05, 3.63) is 41.4 Å². The molecule has 1 aromatic carbocycles. The zero-order valence-corrected chi connectivity index (χ0v) is 18.0. The van der Waals surface area contributed by atoms with Gasteiger partial charge in [0.25, 0.3) is 0 Å². The number of carbonyl (C=O) groups excluding carboxylic acids is 3. The third kappa shape index (κ3) is 9.58. The van der Waals surface area contributed by atoms with Crippen molar-refractivity contribution < 1.29 is 37.0 Å². The lowest BCUT2D eigenvalue weighted by molar-refractivity contribution is -0.166. The van der Waals surface area contributed by atoms with E-state index in [4.69, 9.17) is 25.8 Å². The van der Waals surface area contributed by atoms with Crippen LogP contribution in [0, 0.1) is 0 Å². The minimum atomic E-state index is -3.69. The summed E-state index contributed by atoms with van der Waals surface area (Å²) in [5, 5.41) is 0.265. The van der Waals surface area contributed by atoms with Crippen LogP contribution in [0.25, 0.3) is 0 Å². The second kappa shape index (κ2) is 10.4. The summed E-state index contributed by atoms with van der Waals surface area (Å²) in [6.45, 7) is 7.37. The van der Waals surface area contributed by atoms with E-state index in [1.165, 1.54) is 24.3 Å². The standard InChI is InChI=1S/C19H23ClO8S/c1-13(10-16(21)27-12-17(22)28-19(2,3)4)18(23)26-8-9-29(24,25)15-7-5-6-14(20)11-15/h5-7,11H,1,8-10,12H2,2-4H3. The molecule has 0 saturated carbocycles. The minimum absolute atomic E-state index is 0.00518. The smallest absolute Gasteiger partial charge is 0.344 e. The predicted octanol–water partition coefficient (Wildman–Crippen LogP) is 2.49. The van der Waals surface area contributed by atoms with Crippen LogP contribution in [0.15, 0.2) is 41.3 Å². The van der Waals surface area contributed by atoms with Crippen LogP contribution >= 0.6 is 11.6 Å². The van der Waals surface area contributed by atoms with Crippen LogP contribution in [-0.2, 0) is 38.4 Å². The van der Waals surface area contributed by atoms with E-state index < -0.39 is 58.7 Å². The van der Waals surface area contributed by atoms with Crippen LogP contribution in [-0.4, -0.2) is 50.9 Å². The number of rotatable bonds is 9. The minimum Gasteiger partial charge on any atom is -0.461 e. The zero-order valence-electron chi connectivity index (χ0n) is 16.4. The van der Waals surface area contributed by atoms with Crippen LogP contribution in [0.3, 0.4) is 0 Å². The molecule has 0 saturated heterocycles. The van der Waals surface area contributed by atoms with Crippen molar-refractivity contribution in [1.29, 1.82) is 0 Å². The topological polar surface area (TPSA) is 113 Å². The van der Waals surface area contributed by atoms with Crippen LogP contribution in [0.1, 0.15) is 27.2 Å². The summed E-state index contributed by atoms with van der Waals surface area (Å²) in [7, 11) is -3.69. The van der Waals surface area contributed by atoms with Crippen molar-refractivity contribution in [2.75, 3.05) is 19.0 Å². The molecule has 0 spiro atoms. The Bertz CT molecular complexity index is 884. The van der Waals surface area contributed by atoms with Gasteiger partial charge in [-0.2, -0.15) is 0 Å². The number of carbonyl (C=O) groups is 3. The molecule has 0 heterocycles. The normalized spacial score (nSPS) is 11.4. The molecule has 8 nitrogen and oxygen atoms in total. The first-order valence-corrected chi connectivity index (χ1v) is 10.5. The number of ether oxygens (including phenoxy) is 3. The second-order valence-corrected chi connectivity index (χ2v) is 9.49. The summed E-state index contributed by atoms with van der Waals surface area (Å²) in [6, 6.07) is 5.69. The van der Waals surface area contributed by atoms with E-state index in [2.05, 4.69) is 6.58 Å². The van der Waals surface area contributed by atoms with Crippen molar-refractivity contribution in [1.82, 2.24) is 0 Å². The van der Waals surface area contributed by atoms with Gasteiger partial charge in [-0.05, 0) is 39.0 Å². The maximum atomic E-state index is 12.2. The molecule has 0 radical (unpaired) electrons. The largest absolute Gasteiger partial charge is 0.461 e. The van der Waals surface area contributed by atoms with Gasteiger partial charge in [-0.1, -0.05) is 24.2 Å². The molecule has 0 fully saturated rings. The van der Waals surface area contributed by atoms with Crippen LogP contribution in [0.5, 0.6) is 0 Å². The first-order chi connectivity index (χ1) is 13.3. The van der Waals surface area contributed by atoms with Gasteiger partial charge >= 0.3 is 17.9 Å². The van der Waals surface area contributed by atoms with E-state index in [1.54, 1.807) is 20.8 Å². The van der Waals surface area contributed by atoms with Gasteiger partial charge in [0.15, 0.2) is 16.4 Å². The average molecular weight is 447 g/mol. The van der Waals surface area contributed by atoms with Gasteiger partial charge in [0.05, 0.1) is 17.1 Å². The van der Waals surface area contributed by atoms with Crippen LogP contribution in [0.4, 0.5) is 0 Å². The van der Waals surface area contributed by atoms with Crippen LogP contribution in [0.2, 0.25) is 5.02 Å².